The summed E-state index contributed by atoms with van der Waals surface area (Å²) in [5.74, 6) is 0. The van der Waals surface area contributed by atoms with Crippen molar-refractivity contribution in [3.63, 3.8) is 0 Å². The van der Waals surface area contributed by atoms with E-state index in [4.69, 9.17) is 4.55 Å². The van der Waals surface area contributed by atoms with E-state index in [1.54, 1.807) is 18.5 Å². The van der Waals surface area contributed by atoms with Crippen LogP contribution in [-0.2, 0) is 10.1 Å². The molecule has 0 bridgehead atoms. The van der Waals surface area contributed by atoms with Gasteiger partial charge in [-0.3, -0.25) is 4.55 Å². The maximum Gasteiger partial charge on any atom is 0.261 e. The van der Waals surface area contributed by atoms with Crippen LogP contribution in [0.4, 0.5) is 0 Å². The third kappa shape index (κ3) is 20.8. The van der Waals surface area contributed by atoms with Gasteiger partial charge in [0, 0.05) is 0 Å². The molecule has 0 radical (unpaired) electrons. The van der Waals surface area contributed by atoms with Crippen LogP contribution in [0.15, 0.2) is 0 Å². The molecule has 0 aliphatic carbocycles. The summed E-state index contributed by atoms with van der Waals surface area (Å²) in [5.41, 5.74) is 0. The minimum absolute atomic E-state index is 0.715. The fraction of sp³-hybridized carbons (Fsp3) is 1.00. The quantitative estimate of drug-likeness (QED) is 0.511. The van der Waals surface area contributed by atoms with E-state index in [-0.39, 0.29) is 0 Å². The van der Waals surface area contributed by atoms with Gasteiger partial charge in [0.15, 0.2) is 0 Å². The first-order chi connectivity index (χ1) is 8.68. The van der Waals surface area contributed by atoms with Crippen molar-refractivity contribution < 1.29 is 13.0 Å². The molecule has 0 aromatic heterocycles. The van der Waals surface area contributed by atoms with Crippen molar-refractivity contribution >= 4 is 17.4 Å². The predicted octanol–water partition coefficient (Wildman–Crippen LogP) is 4.27. The van der Waals surface area contributed by atoms with Crippen molar-refractivity contribution in [3.8, 4) is 0 Å². The number of hydrogen-bond donors (Lipinski definition) is 1. The van der Waals surface area contributed by atoms with Gasteiger partial charge in [-0.25, -0.2) is 0 Å². The van der Waals surface area contributed by atoms with Crippen molar-refractivity contribution in [2.24, 2.45) is 0 Å². The molecule has 3 nitrogen and oxygen atoms in total. The largest absolute Gasteiger partial charge is 0.286 e. The Morgan fingerprint density at radius 2 is 1.05 bits per heavy atom. The Bertz CT molecular complexity index is 259. The normalized spacial score (nSPS) is 12.7. The smallest absolute Gasteiger partial charge is 0.261 e. The summed E-state index contributed by atoms with van der Waals surface area (Å²) in [4.78, 5) is 0. The molecule has 0 heterocycles. The molecule has 5 heteroatoms. The molecule has 0 spiro atoms. The summed E-state index contributed by atoms with van der Waals surface area (Å²) in [6.07, 6.45) is 14.1. The molecule has 0 aliphatic rings. The van der Waals surface area contributed by atoms with Crippen molar-refractivity contribution in [1.82, 2.24) is 0 Å². The Morgan fingerprint density at radius 3 is 1.21 bits per heavy atom. The third-order valence-corrected chi connectivity index (χ3v) is 8.08. The fourth-order valence-corrected chi connectivity index (χ4v) is 6.56. The maximum atomic E-state index is 9.19. The fourth-order valence-electron chi connectivity index (χ4n) is 2.19. The molecular formula is C14H35O3PS. The second-order valence-electron chi connectivity index (χ2n) is 5.85. The maximum absolute atomic E-state index is 9.19. The van der Waals surface area contributed by atoms with Gasteiger partial charge in [-0.2, -0.15) is 8.42 Å². The van der Waals surface area contributed by atoms with Gasteiger partial charge in [0.2, 0.25) is 0 Å². The Labute approximate surface area is 121 Å². The molecule has 1 N–H and O–H groups in total. The van der Waals surface area contributed by atoms with Gasteiger partial charge in [0.25, 0.3) is 10.1 Å². The zero-order chi connectivity index (χ0) is 15.4. The summed E-state index contributed by atoms with van der Waals surface area (Å²) in [6, 6.07) is 0. The molecule has 19 heavy (non-hydrogen) atoms. The van der Waals surface area contributed by atoms with E-state index in [9.17, 15) is 8.42 Å². The molecule has 0 atom stereocenters. The van der Waals surface area contributed by atoms with Gasteiger partial charge in [-0.15, -0.1) is 0 Å². The van der Waals surface area contributed by atoms with E-state index in [0.717, 1.165) is 0 Å². The Hall–Kier alpha value is 0.340. The number of rotatable bonds is 9. The van der Waals surface area contributed by atoms with Crippen molar-refractivity contribution in [3.05, 3.63) is 0 Å². The van der Waals surface area contributed by atoms with Crippen LogP contribution in [0.1, 0.15) is 59.3 Å². The van der Waals surface area contributed by atoms with E-state index in [0.29, 0.717) is 6.26 Å². The molecule has 0 aromatic carbocycles. The molecule has 0 unspecified atom stereocenters. The van der Waals surface area contributed by atoms with E-state index < -0.39 is 17.4 Å². The standard InChI is InChI=1S/C13H31P.CH4O3S/c1-5-8-11-14(4,12-9-6-2)13-10-7-3;1-5(2,3)4/h14H,5-13H2,1-4H3;1H3,(H,2,3,4). The summed E-state index contributed by atoms with van der Waals surface area (Å²) in [6.45, 7) is 9.63. The number of hydrogen-bond acceptors (Lipinski definition) is 2. The van der Waals surface area contributed by atoms with Gasteiger partial charge in [0.05, 0.1) is 6.26 Å². The first-order valence-corrected chi connectivity index (χ1v) is 12.6. The van der Waals surface area contributed by atoms with Crippen LogP contribution in [0.25, 0.3) is 0 Å². The van der Waals surface area contributed by atoms with Crippen molar-refractivity contribution in [1.29, 1.82) is 0 Å². The van der Waals surface area contributed by atoms with Crippen LogP contribution in [-0.4, -0.2) is 44.4 Å². The van der Waals surface area contributed by atoms with Gasteiger partial charge in [-0.1, -0.05) is 0 Å². The average Bonchev–Trinajstić information content (AvgIpc) is 2.30. The molecule has 0 aromatic rings. The van der Waals surface area contributed by atoms with E-state index >= 15 is 0 Å². The molecule has 0 rings (SSSR count). The van der Waals surface area contributed by atoms with Gasteiger partial charge >= 0.3 is 91.7 Å². The van der Waals surface area contributed by atoms with E-state index in [1.165, 1.54) is 38.5 Å². The monoisotopic (exact) mass is 314 g/mol. The van der Waals surface area contributed by atoms with E-state index in [2.05, 4.69) is 27.4 Å². The summed E-state index contributed by atoms with van der Waals surface area (Å²) in [7, 11) is -4.48. The second kappa shape index (κ2) is 12.1. The molecule has 120 valence electrons. The topological polar surface area (TPSA) is 54.4 Å². The Balaban J connectivity index is 0. The van der Waals surface area contributed by atoms with Crippen molar-refractivity contribution in [2.75, 3.05) is 31.4 Å². The van der Waals surface area contributed by atoms with E-state index in [1.807, 2.05) is 0 Å². The third-order valence-electron chi connectivity index (χ3n) is 3.40. The van der Waals surface area contributed by atoms with Crippen LogP contribution in [0.5, 0.6) is 0 Å². The summed E-state index contributed by atoms with van der Waals surface area (Å²) >= 11 is 0. The Morgan fingerprint density at radius 1 is 0.842 bits per heavy atom. The SMILES string of the molecule is CCCC[PH](C)(CCCC)CCCC.CS(=O)(=O)O. The minimum atomic E-state index is -3.67. The molecule has 0 saturated carbocycles. The minimum Gasteiger partial charge on any atom is -0.286 e. The number of unbranched alkanes of at least 4 members (excludes halogenated alkanes) is 3. The van der Waals surface area contributed by atoms with Gasteiger partial charge in [-0.05, 0) is 0 Å². The molecule has 0 amide bonds. The summed E-state index contributed by atoms with van der Waals surface area (Å²) < 4.78 is 25.9. The zero-order valence-electron chi connectivity index (χ0n) is 13.5. The molecule has 0 fully saturated rings. The van der Waals surface area contributed by atoms with Crippen LogP contribution in [0.3, 0.4) is 0 Å². The first kappa shape index (κ1) is 21.6. The molecule has 0 saturated heterocycles. The van der Waals surface area contributed by atoms with Crippen molar-refractivity contribution in [2.45, 2.75) is 59.3 Å². The average molecular weight is 314 g/mol. The predicted molar refractivity (Wildman–Crippen MR) is 91.0 cm³/mol. The van der Waals surface area contributed by atoms with Crippen LogP contribution >= 0.6 is 7.26 Å². The van der Waals surface area contributed by atoms with Gasteiger partial charge < -0.3 is 0 Å². The zero-order valence-corrected chi connectivity index (χ0v) is 15.4. The summed E-state index contributed by atoms with van der Waals surface area (Å²) in [5, 5.41) is 0. The van der Waals surface area contributed by atoms with Crippen LogP contribution < -0.4 is 0 Å². The van der Waals surface area contributed by atoms with Crippen LogP contribution in [0, 0.1) is 0 Å². The molecular weight excluding hydrogens is 279 g/mol. The second-order valence-corrected chi connectivity index (χ2v) is 12.4. The van der Waals surface area contributed by atoms with Crippen LogP contribution in [0.2, 0.25) is 0 Å². The van der Waals surface area contributed by atoms with Gasteiger partial charge in [0.1, 0.15) is 0 Å². The first-order valence-electron chi connectivity index (χ1n) is 7.61. The molecule has 0 aliphatic heterocycles. The Kier molecular flexibility index (Phi) is 13.8.